The Labute approximate surface area is 171 Å². The fourth-order valence-electron chi connectivity index (χ4n) is 3.01. The first-order chi connectivity index (χ1) is 13.5. The molecule has 0 saturated heterocycles. The predicted molar refractivity (Wildman–Crippen MR) is 111 cm³/mol. The third-order valence-corrected chi connectivity index (χ3v) is 5.43. The number of benzene rings is 2. The minimum Gasteiger partial charge on any atom is -0.300 e. The normalized spacial score (nSPS) is 12.1. The van der Waals surface area contributed by atoms with Crippen molar-refractivity contribution in [2.75, 3.05) is 5.32 Å². The molecule has 0 spiro atoms. The Bertz CT molecular complexity index is 1220. The Hall–Kier alpha value is -2.84. The number of nitrogens with zero attached hydrogens (tertiary/aromatic N) is 2. The van der Waals surface area contributed by atoms with Gasteiger partial charge in [0.1, 0.15) is 11.9 Å². The van der Waals surface area contributed by atoms with E-state index in [1.54, 1.807) is 42.0 Å². The van der Waals surface area contributed by atoms with Crippen molar-refractivity contribution in [3.63, 3.8) is 0 Å². The summed E-state index contributed by atoms with van der Waals surface area (Å²) in [7, 11) is 0. The van der Waals surface area contributed by atoms with Crippen molar-refractivity contribution >= 4 is 49.1 Å². The van der Waals surface area contributed by atoms with Crippen molar-refractivity contribution in [1.82, 2.24) is 9.55 Å². The summed E-state index contributed by atoms with van der Waals surface area (Å²) in [6, 6.07) is 11.7. The third-order valence-electron chi connectivity index (χ3n) is 4.25. The second-order valence-electron chi connectivity index (χ2n) is 6.04. The largest absolute Gasteiger partial charge is 0.300 e. The highest BCUT2D eigenvalue weighted by molar-refractivity contribution is 9.10. The zero-order valence-electron chi connectivity index (χ0n) is 14.3. The standard InChI is InChI=1S/C20H13BrFN3O2S/c21-14-4-5-16-12(10-14)6-8-25(19(16)27)17(13-2-1-3-15(22)11-13)18(26)24-20-23-7-9-28-20/h1-11,17H,(H,23,24,26). The van der Waals surface area contributed by atoms with Gasteiger partial charge in [-0.25, -0.2) is 9.37 Å². The van der Waals surface area contributed by atoms with E-state index in [1.807, 2.05) is 6.07 Å². The molecule has 0 aliphatic heterocycles. The molecule has 8 heteroatoms. The molecule has 1 N–H and O–H groups in total. The van der Waals surface area contributed by atoms with Crippen molar-refractivity contribution in [3.8, 4) is 0 Å². The third kappa shape index (κ3) is 3.61. The first-order valence-electron chi connectivity index (χ1n) is 8.29. The zero-order chi connectivity index (χ0) is 19.7. The molecule has 2 aromatic heterocycles. The van der Waals surface area contributed by atoms with Crippen molar-refractivity contribution in [2.24, 2.45) is 0 Å². The number of hydrogen-bond donors (Lipinski definition) is 1. The maximum absolute atomic E-state index is 13.8. The molecule has 0 saturated carbocycles. The second-order valence-corrected chi connectivity index (χ2v) is 7.85. The predicted octanol–water partition coefficient (Wildman–Crippen LogP) is 4.59. The first-order valence-corrected chi connectivity index (χ1v) is 9.96. The lowest BCUT2D eigenvalue weighted by atomic mass is 10.0. The van der Waals surface area contributed by atoms with E-state index in [9.17, 15) is 14.0 Å². The molecule has 1 amide bonds. The number of amides is 1. The van der Waals surface area contributed by atoms with Gasteiger partial charge in [-0.05, 0) is 47.3 Å². The van der Waals surface area contributed by atoms with E-state index >= 15 is 0 Å². The number of carbonyl (C=O) groups excluding carboxylic acids is 1. The number of pyridine rings is 1. The van der Waals surface area contributed by atoms with Gasteiger partial charge in [-0.1, -0.05) is 28.1 Å². The number of hydrogen-bond acceptors (Lipinski definition) is 4. The molecule has 4 rings (SSSR count). The van der Waals surface area contributed by atoms with Crippen LogP contribution in [-0.4, -0.2) is 15.5 Å². The minimum absolute atomic E-state index is 0.339. The molecule has 0 bridgehead atoms. The molecule has 2 aromatic carbocycles. The van der Waals surface area contributed by atoms with E-state index in [-0.39, 0.29) is 5.56 Å². The lowest BCUT2D eigenvalue weighted by Gasteiger charge is -2.20. The molecular formula is C20H13BrFN3O2S. The van der Waals surface area contributed by atoms with Crippen LogP contribution in [-0.2, 0) is 4.79 Å². The molecule has 28 heavy (non-hydrogen) atoms. The molecule has 2 heterocycles. The Kier molecular flexibility index (Phi) is 5.06. The van der Waals surface area contributed by atoms with E-state index < -0.39 is 17.8 Å². The molecule has 1 atom stereocenters. The summed E-state index contributed by atoms with van der Waals surface area (Å²) in [6.07, 6.45) is 3.12. The molecule has 140 valence electrons. The lowest BCUT2D eigenvalue weighted by Crippen LogP contribution is -2.34. The maximum atomic E-state index is 13.8. The fraction of sp³-hybridized carbons (Fsp3) is 0.0500. The van der Waals surface area contributed by atoms with Crippen LogP contribution in [0.5, 0.6) is 0 Å². The van der Waals surface area contributed by atoms with Crippen LogP contribution >= 0.6 is 27.3 Å². The van der Waals surface area contributed by atoms with Gasteiger partial charge in [-0.15, -0.1) is 11.3 Å². The van der Waals surface area contributed by atoms with Gasteiger partial charge >= 0.3 is 0 Å². The second kappa shape index (κ2) is 7.65. The summed E-state index contributed by atoms with van der Waals surface area (Å²) in [4.78, 5) is 30.2. The van der Waals surface area contributed by atoms with Crippen LogP contribution in [0.4, 0.5) is 9.52 Å². The van der Waals surface area contributed by atoms with Gasteiger partial charge in [0.05, 0.1) is 0 Å². The number of rotatable bonds is 4. The van der Waals surface area contributed by atoms with E-state index in [2.05, 4.69) is 26.2 Å². The molecule has 1 unspecified atom stereocenters. The number of anilines is 1. The smallest absolute Gasteiger partial charge is 0.259 e. The number of halogens is 2. The van der Waals surface area contributed by atoms with E-state index in [0.717, 1.165) is 9.86 Å². The highest BCUT2D eigenvalue weighted by Gasteiger charge is 2.25. The average Bonchev–Trinajstić information content (AvgIpc) is 3.17. The van der Waals surface area contributed by atoms with Gasteiger partial charge in [0.15, 0.2) is 5.13 Å². The summed E-state index contributed by atoms with van der Waals surface area (Å²) in [5.41, 5.74) is 0.0289. The fourth-order valence-corrected chi connectivity index (χ4v) is 3.92. The van der Waals surface area contributed by atoms with Crippen LogP contribution in [0.2, 0.25) is 0 Å². The van der Waals surface area contributed by atoms with Crippen molar-refractivity contribution < 1.29 is 9.18 Å². The number of carbonyl (C=O) groups is 1. The van der Waals surface area contributed by atoms with Crippen LogP contribution in [0.1, 0.15) is 11.6 Å². The Morgan fingerprint density at radius 2 is 2.07 bits per heavy atom. The summed E-state index contributed by atoms with van der Waals surface area (Å²) in [5.74, 6) is -0.957. The van der Waals surface area contributed by atoms with Crippen molar-refractivity contribution in [2.45, 2.75) is 6.04 Å². The van der Waals surface area contributed by atoms with Crippen LogP contribution in [0.3, 0.4) is 0 Å². The van der Waals surface area contributed by atoms with Gasteiger partial charge in [0.2, 0.25) is 0 Å². The van der Waals surface area contributed by atoms with Crippen LogP contribution in [0.25, 0.3) is 10.8 Å². The van der Waals surface area contributed by atoms with Crippen LogP contribution in [0.15, 0.2) is 75.6 Å². The molecule has 4 aromatic rings. The quantitative estimate of drug-likeness (QED) is 0.487. The van der Waals surface area contributed by atoms with Gasteiger partial charge < -0.3 is 0 Å². The van der Waals surface area contributed by atoms with Crippen LogP contribution < -0.4 is 10.9 Å². The molecule has 0 aliphatic rings. The highest BCUT2D eigenvalue weighted by Crippen LogP contribution is 2.23. The number of nitrogens with one attached hydrogen (secondary N) is 1. The Morgan fingerprint density at radius 1 is 1.21 bits per heavy atom. The van der Waals surface area contributed by atoms with Crippen molar-refractivity contribution in [1.29, 1.82) is 0 Å². The number of fused-ring (bicyclic) bond motifs is 1. The van der Waals surface area contributed by atoms with Crippen LogP contribution in [0, 0.1) is 5.82 Å². The van der Waals surface area contributed by atoms with E-state index in [4.69, 9.17) is 0 Å². The van der Waals surface area contributed by atoms with Gasteiger partial charge in [0, 0.05) is 27.6 Å². The summed E-state index contributed by atoms with van der Waals surface area (Å²) in [6.45, 7) is 0. The van der Waals surface area contributed by atoms with E-state index in [0.29, 0.717) is 16.1 Å². The molecular weight excluding hydrogens is 445 g/mol. The number of aromatic nitrogens is 2. The molecule has 0 aliphatic carbocycles. The number of thiazole rings is 1. The molecule has 0 radical (unpaired) electrons. The Balaban J connectivity index is 1.86. The minimum atomic E-state index is -1.04. The highest BCUT2D eigenvalue weighted by atomic mass is 79.9. The zero-order valence-corrected chi connectivity index (χ0v) is 16.7. The SMILES string of the molecule is O=C(Nc1nccs1)C(c1cccc(F)c1)n1ccc2cc(Br)ccc2c1=O. The van der Waals surface area contributed by atoms with E-state index in [1.165, 1.54) is 34.1 Å². The monoisotopic (exact) mass is 457 g/mol. The Morgan fingerprint density at radius 3 is 2.82 bits per heavy atom. The summed E-state index contributed by atoms with van der Waals surface area (Å²) in [5, 5.41) is 6.05. The molecule has 0 fully saturated rings. The lowest BCUT2D eigenvalue weighted by molar-refractivity contribution is -0.118. The van der Waals surface area contributed by atoms with Gasteiger partial charge in [0.25, 0.3) is 11.5 Å². The topological polar surface area (TPSA) is 64.0 Å². The van der Waals surface area contributed by atoms with Gasteiger partial charge in [-0.3, -0.25) is 19.5 Å². The first kappa shape index (κ1) is 18.5. The summed E-state index contributed by atoms with van der Waals surface area (Å²) >= 11 is 4.65. The average molecular weight is 458 g/mol. The molecule has 5 nitrogen and oxygen atoms in total. The maximum Gasteiger partial charge on any atom is 0.259 e. The van der Waals surface area contributed by atoms with Gasteiger partial charge in [-0.2, -0.15) is 0 Å². The van der Waals surface area contributed by atoms with Crippen molar-refractivity contribution in [3.05, 3.63) is 92.5 Å². The summed E-state index contributed by atoms with van der Waals surface area (Å²) < 4.78 is 16.0.